The molecule has 0 heterocycles. The van der Waals surface area contributed by atoms with E-state index in [1.807, 2.05) is 12.2 Å². The summed E-state index contributed by atoms with van der Waals surface area (Å²) in [5.41, 5.74) is 0. The Morgan fingerprint density at radius 2 is 2.12 bits per heavy atom. The van der Waals surface area contributed by atoms with Crippen molar-refractivity contribution in [3.8, 4) is 0 Å². The summed E-state index contributed by atoms with van der Waals surface area (Å²) in [7, 11) is 0. The first kappa shape index (κ1) is 7.48. The Kier molecular flexibility index (Phi) is 4.33. The van der Waals surface area contributed by atoms with E-state index in [1.165, 1.54) is 6.42 Å². The monoisotopic (exact) mass is 110 g/mol. The third kappa shape index (κ3) is 3.66. The maximum absolute atomic E-state index is 3.68. The van der Waals surface area contributed by atoms with Gasteiger partial charge in [-0.15, -0.1) is 13.2 Å². The van der Waals surface area contributed by atoms with E-state index < -0.39 is 0 Å². The predicted octanol–water partition coefficient (Wildman–Crippen LogP) is 2.77. The lowest BCUT2D eigenvalue weighted by Crippen LogP contribution is -1.85. The molecule has 0 saturated carbocycles. The molecule has 46 valence electrons. The molecule has 0 radical (unpaired) electrons. The lowest BCUT2D eigenvalue weighted by Gasteiger charge is -1.99. The molecule has 0 amide bonds. The van der Waals surface area contributed by atoms with Crippen LogP contribution in [0.5, 0.6) is 0 Å². The Bertz CT molecular complexity index is 72.1. The molecule has 8 heavy (non-hydrogen) atoms. The zero-order valence-corrected chi connectivity index (χ0v) is 5.56. The fourth-order valence-electron chi connectivity index (χ4n) is 0.499. The summed E-state index contributed by atoms with van der Waals surface area (Å²) in [5.74, 6) is 0.646. The molecule has 0 aromatic carbocycles. The van der Waals surface area contributed by atoms with E-state index in [2.05, 4.69) is 20.1 Å². The minimum Gasteiger partial charge on any atom is -0.103 e. The highest BCUT2D eigenvalue weighted by molar-refractivity contribution is 4.78. The van der Waals surface area contributed by atoms with Gasteiger partial charge in [0.25, 0.3) is 0 Å². The van der Waals surface area contributed by atoms with Crippen molar-refractivity contribution in [2.24, 2.45) is 5.92 Å². The summed E-state index contributed by atoms with van der Waals surface area (Å²) < 4.78 is 0. The molecule has 0 aliphatic rings. The second kappa shape index (κ2) is 4.63. The number of allylic oxidation sites excluding steroid dienone is 2. The minimum atomic E-state index is 0.646. The number of hydrogen-bond donors (Lipinski definition) is 0. The normalized spacial score (nSPS) is 12.6. The van der Waals surface area contributed by atoms with Gasteiger partial charge >= 0.3 is 0 Å². The summed E-state index contributed by atoms with van der Waals surface area (Å²) in [4.78, 5) is 0. The molecule has 0 aromatic heterocycles. The van der Waals surface area contributed by atoms with Gasteiger partial charge in [0, 0.05) is 0 Å². The molecular weight excluding hydrogens is 96.1 g/mol. The second-order valence-electron chi connectivity index (χ2n) is 2.08. The van der Waals surface area contributed by atoms with Crippen molar-refractivity contribution in [3.05, 3.63) is 25.3 Å². The summed E-state index contributed by atoms with van der Waals surface area (Å²) in [5, 5.41) is 0. The van der Waals surface area contributed by atoms with Crippen molar-refractivity contribution in [3.63, 3.8) is 0 Å². The molecule has 0 rings (SSSR count). The summed E-state index contributed by atoms with van der Waals surface area (Å²) in [6, 6.07) is 0. The average Bonchev–Trinajstić information content (AvgIpc) is 1.83. The van der Waals surface area contributed by atoms with Crippen LogP contribution in [0.3, 0.4) is 0 Å². The molecule has 0 spiro atoms. The van der Waals surface area contributed by atoms with Crippen molar-refractivity contribution in [2.75, 3.05) is 0 Å². The van der Waals surface area contributed by atoms with Crippen LogP contribution >= 0.6 is 0 Å². The molecule has 0 nitrogen and oxygen atoms in total. The zero-order chi connectivity index (χ0) is 6.41. The van der Waals surface area contributed by atoms with Crippen LogP contribution in [0.25, 0.3) is 0 Å². The molecule has 0 saturated heterocycles. The highest BCUT2D eigenvalue weighted by Gasteiger charge is 1.90. The maximum Gasteiger partial charge on any atom is -0.0262 e. The van der Waals surface area contributed by atoms with Crippen molar-refractivity contribution in [1.82, 2.24) is 0 Å². The van der Waals surface area contributed by atoms with Crippen LogP contribution in [0.15, 0.2) is 25.3 Å². The molecule has 0 aliphatic heterocycles. The minimum absolute atomic E-state index is 0.646. The first-order valence-corrected chi connectivity index (χ1v) is 3.04. The molecule has 0 N–H and O–H groups in total. The Labute approximate surface area is 51.9 Å². The third-order valence-electron chi connectivity index (χ3n) is 1.23. The molecule has 1 atom stereocenters. The average molecular weight is 110 g/mol. The van der Waals surface area contributed by atoms with Gasteiger partial charge in [-0.3, -0.25) is 0 Å². The summed E-state index contributed by atoms with van der Waals surface area (Å²) in [6.45, 7) is 9.48. The molecule has 0 bridgehead atoms. The largest absolute Gasteiger partial charge is 0.103 e. The van der Waals surface area contributed by atoms with Gasteiger partial charge < -0.3 is 0 Å². The quantitative estimate of drug-likeness (QED) is 0.488. The van der Waals surface area contributed by atoms with Gasteiger partial charge in [-0.2, -0.15) is 0 Å². The van der Waals surface area contributed by atoms with E-state index in [0.29, 0.717) is 5.92 Å². The Balaban J connectivity index is 3.09. The topological polar surface area (TPSA) is 0 Å². The first-order valence-electron chi connectivity index (χ1n) is 3.04. The van der Waals surface area contributed by atoms with Gasteiger partial charge in [-0.1, -0.05) is 19.1 Å². The predicted molar refractivity (Wildman–Crippen MR) is 38.8 cm³/mol. The van der Waals surface area contributed by atoms with Crippen molar-refractivity contribution in [2.45, 2.75) is 19.8 Å². The summed E-state index contributed by atoms with van der Waals surface area (Å²) >= 11 is 0. The van der Waals surface area contributed by atoms with Gasteiger partial charge in [0.2, 0.25) is 0 Å². The van der Waals surface area contributed by atoms with Gasteiger partial charge in [-0.25, -0.2) is 0 Å². The first-order chi connectivity index (χ1) is 3.81. The van der Waals surface area contributed by atoms with E-state index >= 15 is 0 Å². The standard InChI is InChI=1S/C8H14/c1-4-6-7-8(3)5-2/h4-5,8H,1-2,6-7H2,3H3. The molecular formula is C8H14. The van der Waals surface area contributed by atoms with E-state index in [1.54, 1.807) is 0 Å². The molecule has 0 heteroatoms. The van der Waals surface area contributed by atoms with E-state index in [-0.39, 0.29) is 0 Å². The van der Waals surface area contributed by atoms with Crippen molar-refractivity contribution < 1.29 is 0 Å². The van der Waals surface area contributed by atoms with Crippen LogP contribution in [-0.4, -0.2) is 0 Å². The van der Waals surface area contributed by atoms with Crippen molar-refractivity contribution in [1.29, 1.82) is 0 Å². The van der Waals surface area contributed by atoms with Crippen LogP contribution in [0.1, 0.15) is 19.8 Å². The lowest BCUT2D eigenvalue weighted by molar-refractivity contribution is 0.660. The van der Waals surface area contributed by atoms with Crippen LogP contribution in [-0.2, 0) is 0 Å². The van der Waals surface area contributed by atoms with Gasteiger partial charge in [-0.05, 0) is 18.8 Å². The van der Waals surface area contributed by atoms with Crippen molar-refractivity contribution >= 4 is 0 Å². The highest BCUT2D eigenvalue weighted by Crippen LogP contribution is 2.04. The van der Waals surface area contributed by atoms with Gasteiger partial charge in [0.15, 0.2) is 0 Å². The molecule has 0 aromatic rings. The van der Waals surface area contributed by atoms with Crippen LogP contribution in [0, 0.1) is 5.92 Å². The lowest BCUT2D eigenvalue weighted by atomic mass is 10.1. The molecule has 1 unspecified atom stereocenters. The second-order valence-corrected chi connectivity index (χ2v) is 2.08. The van der Waals surface area contributed by atoms with E-state index in [4.69, 9.17) is 0 Å². The smallest absolute Gasteiger partial charge is 0.0262 e. The zero-order valence-electron chi connectivity index (χ0n) is 5.56. The number of rotatable bonds is 4. The van der Waals surface area contributed by atoms with Gasteiger partial charge in [0.05, 0.1) is 0 Å². The highest BCUT2D eigenvalue weighted by atomic mass is 14.0. The van der Waals surface area contributed by atoms with Crippen LogP contribution in [0.2, 0.25) is 0 Å². The van der Waals surface area contributed by atoms with E-state index in [9.17, 15) is 0 Å². The number of hydrogen-bond acceptors (Lipinski definition) is 0. The Hall–Kier alpha value is -0.520. The van der Waals surface area contributed by atoms with Gasteiger partial charge in [0.1, 0.15) is 0 Å². The van der Waals surface area contributed by atoms with Crippen LogP contribution in [0.4, 0.5) is 0 Å². The fraction of sp³-hybridized carbons (Fsp3) is 0.500. The SMILES string of the molecule is C=CCCC(C)C=C. The maximum atomic E-state index is 3.68. The third-order valence-corrected chi connectivity index (χ3v) is 1.23. The molecule has 0 fully saturated rings. The van der Waals surface area contributed by atoms with E-state index in [0.717, 1.165) is 6.42 Å². The Morgan fingerprint density at radius 3 is 2.50 bits per heavy atom. The Morgan fingerprint density at radius 1 is 1.50 bits per heavy atom. The fourth-order valence-corrected chi connectivity index (χ4v) is 0.499. The van der Waals surface area contributed by atoms with Crippen LogP contribution < -0.4 is 0 Å². The molecule has 0 aliphatic carbocycles. The summed E-state index contributed by atoms with van der Waals surface area (Å²) in [6.07, 6.45) is 6.21.